The number of nitrogens with zero attached hydrogens (tertiary/aromatic N) is 2. The molecule has 5 aromatic carbocycles. The van der Waals surface area contributed by atoms with E-state index in [0.717, 1.165) is 27.5 Å². The first-order valence-corrected chi connectivity index (χ1v) is 12.4. The van der Waals surface area contributed by atoms with Crippen LogP contribution in [0.15, 0.2) is 115 Å². The van der Waals surface area contributed by atoms with E-state index in [9.17, 15) is 14.9 Å². The van der Waals surface area contributed by atoms with Crippen LogP contribution >= 0.6 is 0 Å². The van der Waals surface area contributed by atoms with Crippen LogP contribution in [-0.4, -0.2) is 4.57 Å². The van der Waals surface area contributed by atoms with E-state index in [0.29, 0.717) is 43.9 Å². The number of hydrogen-bond acceptors (Lipinski definition) is 5. The van der Waals surface area contributed by atoms with Gasteiger partial charge in [0.1, 0.15) is 22.3 Å². The molecule has 0 fully saturated rings. The summed E-state index contributed by atoms with van der Waals surface area (Å²) in [6.45, 7) is 0. The minimum atomic E-state index is -0.251. The van der Waals surface area contributed by atoms with Crippen molar-refractivity contribution >= 4 is 65.7 Å². The summed E-state index contributed by atoms with van der Waals surface area (Å²) in [5.41, 5.74) is 4.19. The van der Waals surface area contributed by atoms with Gasteiger partial charge in [0, 0.05) is 22.5 Å². The van der Waals surface area contributed by atoms with Gasteiger partial charge in [-0.2, -0.15) is 5.26 Å². The average Bonchev–Trinajstić information content (AvgIpc) is 3.31. The summed E-state index contributed by atoms with van der Waals surface area (Å²) in [6.07, 6.45) is 0. The highest BCUT2D eigenvalue weighted by Crippen LogP contribution is 2.33. The predicted octanol–water partition coefficient (Wildman–Crippen LogP) is 7.17. The van der Waals surface area contributed by atoms with Crippen molar-refractivity contribution in [2.45, 2.75) is 0 Å². The Morgan fingerprint density at radius 1 is 0.538 bits per heavy atom. The van der Waals surface area contributed by atoms with E-state index in [2.05, 4.69) is 34.9 Å². The van der Waals surface area contributed by atoms with Gasteiger partial charge >= 0.3 is 0 Å². The molecular weight excluding hydrogens is 488 g/mol. The molecule has 0 saturated heterocycles. The van der Waals surface area contributed by atoms with E-state index >= 15 is 0 Å². The maximum atomic E-state index is 13.6. The van der Waals surface area contributed by atoms with Crippen LogP contribution in [-0.2, 0) is 0 Å². The number of para-hydroxylation sites is 2. The van der Waals surface area contributed by atoms with Gasteiger partial charge in [-0.05, 0) is 54.6 Å². The lowest BCUT2D eigenvalue weighted by Gasteiger charge is -2.10. The van der Waals surface area contributed by atoms with Crippen molar-refractivity contribution < 1.29 is 8.83 Å². The fraction of sp³-hybridized carbons (Fsp3) is 0. The fourth-order valence-electron chi connectivity index (χ4n) is 5.60. The zero-order chi connectivity index (χ0) is 26.2. The fourth-order valence-corrected chi connectivity index (χ4v) is 5.60. The largest absolute Gasteiger partial charge is 0.456 e. The van der Waals surface area contributed by atoms with Gasteiger partial charge in [-0.3, -0.25) is 9.59 Å². The number of nitriles is 1. The van der Waals surface area contributed by atoms with Crippen molar-refractivity contribution in [1.29, 1.82) is 5.26 Å². The Balaban J connectivity index is 1.42. The highest BCUT2D eigenvalue weighted by Gasteiger charge is 2.16. The smallest absolute Gasteiger partial charge is 0.200 e. The lowest BCUT2D eigenvalue weighted by molar-refractivity contribution is 0.652. The van der Waals surface area contributed by atoms with Gasteiger partial charge in [0.2, 0.25) is 10.9 Å². The highest BCUT2D eigenvalue weighted by atomic mass is 16.3. The molecule has 0 spiro atoms. The van der Waals surface area contributed by atoms with E-state index in [-0.39, 0.29) is 16.4 Å². The molecule has 0 aliphatic heterocycles. The molecule has 0 aliphatic rings. The molecule has 0 radical (unpaired) electrons. The molecule has 6 heteroatoms. The van der Waals surface area contributed by atoms with Crippen molar-refractivity contribution in [2.24, 2.45) is 0 Å². The minimum absolute atomic E-state index is 0.213. The number of fused-ring (bicyclic) bond motifs is 7. The van der Waals surface area contributed by atoms with Crippen LogP contribution in [0, 0.1) is 11.3 Å². The van der Waals surface area contributed by atoms with Gasteiger partial charge in [-0.15, -0.1) is 0 Å². The Morgan fingerprint density at radius 3 is 1.64 bits per heavy atom. The predicted molar refractivity (Wildman–Crippen MR) is 153 cm³/mol. The molecule has 0 bridgehead atoms. The summed E-state index contributed by atoms with van der Waals surface area (Å²) in [4.78, 5) is 26.8. The standard InChI is InChI=1S/C33H16N2O4/c34-17-18-9-11-22-28(13-18)38-30-15-25-31(16-24(30)32(22)36)39-29-14-19(10-12-23(29)33(25)37)35-26-7-3-1-5-20(26)21-6-2-4-8-27(21)35/h1-16H. The van der Waals surface area contributed by atoms with Crippen LogP contribution in [0.3, 0.4) is 0 Å². The third-order valence-electron chi connectivity index (χ3n) is 7.41. The van der Waals surface area contributed by atoms with Crippen LogP contribution in [0.25, 0.3) is 71.4 Å². The summed E-state index contributed by atoms with van der Waals surface area (Å²) < 4.78 is 14.4. The lowest BCUT2D eigenvalue weighted by Crippen LogP contribution is -2.06. The lowest BCUT2D eigenvalue weighted by atomic mass is 10.1. The maximum Gasteiger partial charge on any atom is 0.200 e. The number of aromatic nitrogens is 1. The van der Waals surface area contributed by atoms with Gasteiger partial charge in [0.25, 0.3) is 0 Å². The molecule has 0 saturated carbocycles. The van der Waals surface area contributed by atoms with Gasteiger partial charge in [0.05, 0.1) is 44.2 Å². The van der Waals surface area contributed by atoms with Crippen LogP contribution in [0.4, 0.5) is 0 Å². The van der Waals surface area contributed by atoms with Gasteiger partial charge < -0.3 is 13.4 Å². The average molecular weight is 505 g/mol. The Labute approximate surface area is 219 Å². The van der Waals surface area contributed by atoms with Crippen LogP contribution < -0.4 is 10.9 Å². The molecule has 3 heterocycles. The van der Waals surface area contributed by atoms with Gasteiger partial charge in [-0.1, -0.05) is 36.4 Å². The van der Waals surface area contributed by atoms with Gasteiger partial charge in [0.15, 0.2) is 0 Å². The van der Waals surface area contributed by atoms with Crippen molar-refractivity contribution in [3.8, 4) is 11.8 Å². The molecule has 0 N–H and O–H groups in total. The summed E-state index contributed by atoms with van der Waals surface area (Å²) in [5, 5.41) is 12.9. The quantitative estimate of drug-likeness (QED) is 0.221. The zero-order valence-corrected chi connectivity index (χ0v) is 20.3. The van der Waals surface area contributed by atoms with E-state index in [1.807, 2.05) is 36.4 Å². The second-order valence-electron chi connectivity index (χ2n) is 9.58. The molecule has 3 aromatic heterocycles. The third-order valence-corrected chi connectivity index (χ3v) is 7.41. The van der Waals surface area contributed by atoms with Crippen molar-refractivity contribution in [3.05, 3.63) is 123 Å². The van der Waals surface area contributed by atoms with Crippen LogP contribution in [0.1, 0.15) is 5.56 Å². The first-order chi connectivity index (χ1) is 19.1. The van der Waals surface area contributed by atoms with E-state index in [1.54, 1.807) is 30.3 Å². The normalized spacial score (nSPS) is 11.8. The summed E-state index contributed by atoms with van der Waals surface area (Å²) in [6, 6.07) is 31.8. The topological polar surface area (TPSA) is 89.1 Å². The molecule has 0 amide bonds. The Hall–Kier alpha value is -5.67. The van der Waals surface area contributed by atoms with Crippen molar-refractivity contribution in [3.63, 3.8) is 0 Å². The number of hydrogen-bond donors (Lipinski definition) is 0. The Morgan fingerprint density at radius 2 is 1.05 bits per heavy atom. The van der Waals surface area contributed by atoms with Crippen molar-refractivity contribution in [1.82, 2.24) is 4.57 Å². The van der Waals surface area contributed by atoms with Crippen molar-refractivity contribution in [2.75, 3.05) is 0 Å². The molecule has 39 heavy (non-hydrogen) atoms. The molecular formula is C33H16N2O4. The number of benzene rings is 5. The summed E-state index contributed by atoms with van der Waals surface area (Å²) in [5.74, 6) is 0. The second-order valence-corrected chi connectivity index (χ2v) is 9.58. The third kappa shape index (κ3) is 2.95. The molecule has 182 valence electrons. The zero-order valence-electron chi connectivity index (χ0n) is 20.3. The Bertz CT molecular complexity index is 2450. The molecule has 8 aromatic rings. The van der Waals surface area contributed by atoms with Crippen LogP contribution in [0.5, 0.6) is 0 Å². The first kappa shape index (κ1) is 21.4. The molecule has 0 atom stereocenters. The minimum Gasteiger partial charge on any atom is -0.456 e. The van der Waals surface area contributed by atoms with Crippen LogP contribution in [0.2, 0.25) is 0 Å². The van der Waals surface area contributed by atoms with Gasteiger partial charge in [-0.25, -0.2) is 0 Å². The summed E-state index contributed by atoms with van der Waals surface area (Å²) >= 11 is 0. The van der Waals surface area contributed by atoms with E-state index in [4.69, 9.17) is 8.83 Å². The Kier molecular flexibility index (Phi) is 4.21. The monoisotopic (exact) mass is 504 g/mol. The molecule has 6 nitrogen and oxygen atoms in total. The SMILES string of the molecule is N#Cc1ccc2c(=O)c3cc4oc5cc(-n6c7ccccc7c7ccccc76)ccc5c(=O)c4cc3oc2c1. The first-order valence-electron chi connectivity index (χ1n) is 12.4. The molecule has 0 unspecified atom stereocenters. The number of rotatable bonds is 1. The van der Waals surface area contributed by atoms with E-state index < -0.39 is 0 Å². The summed E-state index contributed by atoms with van der Waals surface area (Å²) in [7, 11) is 0. The second kappa shape index (κ2) is 7.67. The molecule has 0 aliphatic carbocycles. The van der Waals surface area contributed by atoms with E-state index in [1.165, 1.54) is 6.07 Å². The maximum absolute atomic E-state index is 13.6. The highest BCUT2D eigenvalue weighted by molar-refractivity contribution is 6.09. The molecule has 8 rings (SSSR count).